The minimum absolute atomic E-state index is 0.919. The van der Waals surface area contributed by atoms with E-state index >= 15 is 0 Å². The quantitative estimate of drug-likeness (QED) is 0.504. The maximum atomic E-state index is 4.80. The molecule has 1 N–H and O–H groups in total. The third-order valence-corrected chi connectivity index (χ3v) is 4.51. The second kappa shape index (κ2) is 6.89. The van der Waals surface area contributed by atoms with E-state index in [1.807, 2.05) is 42.6 Å². The van der Waals surface area contributed by atoms with Crippen LogP contribution in [0.15, 0.2) is 72.9 Å². The first-order valence-electron chi connectivity index (χ1n) is 8.76. The third kappa shape index (κ3) is 3.11. The molecular weight excluding hydrogens is 318 g/mol. The van der Waals surface area contributed by atoms with Crippen LogP contribution in [-0.4, -0.2) is 9.38 Å². The maximum Gasteiger partial charge on any atom is 0.142 e. The Morgan fingerprint density at radius 2 is 1.54 bits per heavy atom. The van der Waals surface area contributed by atoms with E-state index in [0.29, 0.717) is 0 Å². The molecule has 2 heterocycles. The predicted octanol–water partition coefficient (Wildman–Crippen LogP) is 5.87. The van der Waals surface area contributed by atoms with Crippen molar-refractivity contribution in [3.8, 4) is 0 Å². The molecule has 3 heteroatoms. The van der Waals surface area contributed by atoms with Crippen LogP contribution >= 0.6 is 0 Å². The lowest BCUT2D eigenvalue weighted by molar-refractivity contribution is 1.18. The lowest BCUT2D eigenvalue weighted by atomic mass is 10.1. The number of hydrogen-bond donors (Lipinski definition) is 1. The summed E-state index contributed by atoms with van der Waals surface area (Å²) in [7, 11) is 0. The maximum absolute atomic E-state index is 4.80. The van der Waals surface area contributed by atoms with Gasteiger partial charge in [0.05, 0.1) is 0 Å². The van der Waals surface area contributed by atoms with Crippen molar-refractivity contribution in [3.63, 3.8) is 0 Å². The van der Waals surface area contributed by atoms with E-state index in [0.717, 1.165) is 28.4 Å². The molecule has 0 atom stereocenters. The summed E-state index contributed by atoms with van der Waals surface area (Å²) in [6.07, 6.45) is 6.20. The van der Waals surface area contributed by atoms with Crippen molar-refractivity contribution in [2.45, 2.75) is 13.8 Å². The highest BCUT2D eigenvalue weighted by molar-refractivity contribution is 5.79. The molecule has 0 amide bonds. The van der Waals surface area contributed by atoms with E-state index in [2.05, 4.69) is 66.0 Å². The fourth-order valence-electron chi connectivity index (χ4n) is 3.12. The molecule has 0 radical (unpaired) electrons. The lowest BCUT2D eigenvalue weighted by Crippen LogP contribution is -2.00. The first-order chi connectivity index (χ1) is 12.7. The van der Waals surface area contributed by atoms with Crippen LogP contribution in [0.25, 0.3) is 17.8 Å². The van der Waals surface area contributed by atoms with Crippen LogP contribution in [0.1, 0.15) is 22.4 Å². The van der Waals surface area contributed by atoms with Gasteiger partial charge in [0.1, 0.15) is 17.2 Å². The van der Waals surface area contributed by atoms with Gasteiger partial charge in [-0.15, -0.1) is 0 Å². The summed E-state index contributed by atoms with van der Waals surface area (Å²) >= 11 is 0. The number of para-hydroxylation sites is 1. The van der Waals surface area contributed by atoms with Crippen molar-refractivity contribution in [3.05, 3.63) is 95.3 Å². The number of pyridine rings is 1. The van der Waals surface area contributed by atoms with Gasteiger partial charge in [-0.05, 0) is 48.7 Å². The minimum atomic E-state index is 0.919. The van der Waals surface area contributed by atoms with Crippen LogP contribution < -0.4 is 5.32 Å². The number of rotatable bonds is 4. The number of aryl methyl sites for hydroxylation is 2. The van der Waals surface area contributed by atoms with Gasteiger partial charge in [-0.2, -0.15) is 0 Å². The van der Waals surface area contributed by atoms with Crippen molar-refractivity contribution in [2.75, 3.05) is 5.32 Å². The smallest absolute Gasteiger partial charge is 0.142 e. The molecule has 3 nitrogen and oxygen atoms in total. The molecule has 0 saturated heterocycles. The molecule has 4 rings (SSSR count). The zero-order valence-electron chi connectivity index (χ0n) is 15.0. The number of nitrogens with zero attached hydrogens (tertiary/aromatic N) is 2. The predicted molar refractivity (Wildman–Crippen MR) is 110 cm³/mol. The molecule has 0 fully saturated rings. The average molecular weight is 339 g/mol. The van der Waals surface area contributed by atoms with Gasteiger partial charge in [-0.1, -0.05) is 60.7 Å². The number of hydrogen-bond acceptors (Lipinski definition) is 2. The number of imidazole rings is 1. The van der Waals surface area contributed by atoms with Crippen molar-refractivity contribution < 1.29 is 0 Å². The summed E-state index contributed by atoms with van der Waals surface area (Å²) < 4.78 is 2.09. The van der Waals surface area contributed by atoms with Crippen molar-refractivity contribution in [2.24, 2.45) is 0 Å². The highest BCUT2D eigenvalue weighted by atomic mass is 15.1. The molecule has 0 spiro atoms. The standard InChI is InChI=1S/C23H21N3/c1-17-9-8-10-18(2)22(17)25-23-20(15-14-19-11-4-3-5-12-19)24-21-13-6-7-16-26(21)23/h3-16,25H,1-2H3/b15-14+. The summed E-state index contributed by atoms with van der Waals surface area (Å²) in [5.41, 5.74) is 6.56. The Labute approximate surface area is 153 Å². The van der Waals surface area contributed by atoms with Crippen molar-refractivity contribution in [1.29, 1.82) is 0 Å². The molecule has 0 bridgehead atoms. The van der Waals surface area contributed by atoms with Crippen LogP contribution in [0, 0.1) is 13.8 Å². The largest absolute Gasteiger partial charge is 0.339 e. The third-order valence-electron chi connectivity index (χ3n) is 4.51. The van der Waals surface area contributed by atoms with Crippen LogP contribution in [0.2, 0.25) is 0 Å². The highest BCUT2D eigenvalue weighted by Crippen LogP contribution is 2.28. The van der Waals surface area contributed by atoms with Gasteiger partial charge in [0.2, 0.25) is 0 Å². The molecule has 2 aromatic heterocycles. The Morgan fingerprint density at radius 1 is 0.808 bits per heavy atom. The van der Waals surface area contributed by atoms with Crippen LogP contribution in [0.3, 0.4) is 0 Å². The molecular formula is C23H21N3. The van der Waals surface area contributed by atoms with Gasteiger partial charge >= 0.3 is 0 Å². The number of fused-ring (bicyclic) bond motifs is 1. The van der Waals surface area contributed by atoms with E-state index < -0.39 is 0 Å². The number of aromatic nitrogens is 2. The van der Waals surface area contributed by atoms with Crippen molar-refractivity contribution in [1.82, 2.24) is 9.38 Å². The Bertz CT molecular complexity index is 1060. The lowest BCUT2D eigenvalue weighted by Gasteiger charge is -2.13. The van der Waals surface area contributed by atoms with Gasteiger partial charge < -0.3 is 5.32 Å². The normalized spacial score (nSPS) is 11.3. The Morgan fingerprint density at radius 3 is 2.31 bits per heavy atom. The van der Waals surface area contributed by atoms with Gasteiger partial charge in [0.25, 0.3) is 0 Å². The summed E-state index contributed by atoms with van der Waals surface area (Å²) in [6.45, 7) is 4.25. The first kappa shape index (κ1) is 16.2. The van der Waals surface area contributed by atoms with Crippen LogP contribution in [0.5, 0.6) is 0 Å². The van der Waals surface area contributed by atoms with E-state index in [1.54, 1.807) is 0 Å². The fraction of sp³-hybridized carbons (Fsp3) is 0.0870. The molecule has 128 valence electrons. The number of benzene rings is 2. The molecule has 4 aromatic rings. The van der Waals surface area contributed by atoms with Gasteiger partial charge in [-0.25, -0.2) is 4.98 Å². The van der Waals surface area contributed by atoms with Crippen molar-refractivity contribution >= 4 is 29.3 Å². The Balaban J connectivity index is 1.81. The Hall–Kier alpha value is -3.33. The SMILES string of the molecule is Cc1cccc(C)c1Nc1c(/C=C/c2ccccc2)nc2ccccn12. The van der Waals surface area contributed by atoms with Crippen LogP contribution in [0.4, 0.5) is 11.5 Å². The number of anilines is 2. The fourth-order valence-corrected chi connectivity index (χ4v) is 3.12. The van der Waals surface area contributed by atoms with E-state index in [9.17, 15) is 0 Å². The monoisotopic (exact) mass is 339 g/mol. The van der Waals surface area contributed by atoms with Gasteiger partial charge in [-0.3, -0.25) is 4.40 Å². The van der Waals surface area contributed by atoms with Crippen LogP contribution in [-0.2, 0) is 0 Å². The highest BCUT2D eigenvalue weighted by Gasteiger charge is 2.12. The van der Waals surface area contributed by atoms with Gasteiger partial charge in [0.15, 0.2) is 0 Å². The van der Waals surface area contributed by atoms with Gasteiger partial charge in [0, 0.05) is 11.9 Å². The second-order valence-electron chi connectivity index (χ2n) is 6.41. The minimum Gasteiger partial charge on any atom is -0.339 e. The summed E-state index contributed by atoms with van der Waals surface area (Å²) in [6, 6.07) is 22.7. The molecule has 0 saturated carbocycles. The molecule has 2 aromatic carbocycles. The van der Waals surface area contributed by atoms with E-state index in [4.69, 9.17) is 4.98 Å². The number of nitrogens with one attached hydrogen (secondary N) is 1. The zero-order chi connectivity index (χ0) is 17.9. The molecule has 26 heavy (non-hydrogen) atoms. The zero-order valence-corrected chi connectivity index (χ0v) is 15.0. The Kier molecular flexibility index (Phi) is 4.28. The molecule has 0 unspecified atom stereocenters. The molecule has 0 aliphatic heterocycles. The molecule has 0 aliphatic carbocycles. The van der Waals surface area contributed by atoms with E-state index in [1.165, 1.54) is 11.1 Å². The summed E-state index contributed by atoms with van der Waals surface area (Å²) in [5.74, 6) is 0.977. The molecule has 0 aliphatic rings. The first-order valence-corrected chi connectivity index (χ1v) is 8.76. The van der Waals surface area contributed by atoms with E-state index in [-0.39, 0.29) is 0 Å². The second-order valence-corrected chi connectivity index (χ2v) is 6.41. The summed E-state index contributed by atoms with van der Waals surface area (Å²) in [5, 5.41) is 3.62. The summed E-state index contributed by atoms with van der Waals surface area (Å²) in [4.78, 5) is 4.80. The average Bonchev–Trinajstić information content (AvgIpc) is 3.01. The topological polar surface area (TPSA) is 29.3 Å².